The van der Waals surface area contributed by atoms with Crippen LogP contribution in [-0.2, 0) is 29.7 Å². The number of halogens is 1. The fraction of sp³-hybridized carbons (Fsp3) is 0.190. The molecule has 0 fully saturated rings. The van der Waals surface area contributed by atoms with Crippen molar-refractivity contribution in [2.75, 3.05) is 11.3 Å². The summed E-state index contributed by atoms with van der Waals surface area (Å²) in [4.78, 5) is 7.19. The van der Waals surface area contributed by atoms with Gasteiger partial charge in [-0.15, -0.1) is 0 Å². The molecule has 0 spiro atoms. The largest absolute Gasteiger partial charge is 0.468 e. The Labute approximate surface area is 178 Å². The summed E-state index contributed by atoms with van der Waals surface area (Å²) in [7, 11) is -3.70. The van der Waals surface area contributed by atoms with Gasteiger partial charge in [-0.1, -0.05) is 11.6 Å². The van der Waals surface area contributed by atoms with E-state index in [0.29, 0.717) is 17.3 Å². The first-order valence-electron chi connectivity index (χ1n) is 9.50. The Balaban J connectivity index is 1.38. The summed E-state index contributed by atoms with van der Waals surface area (Å²) in [5.41, 5.74) is 2.23. The molecule has 154 valence electrons. The van der Waals surface area contributed by atoms with E-state index in [1.165, 1.54) is 12.1 Å². The minimum Gasteiger partial charge on any atom is -0.468 e. The molecule has 1 aliphatic rings. The number of sulfonamides is 1. The Morgan fingerprint density at radius 1 is 1.10 bits per heavy atom. The molecule has 2 aromatic carbocycles. The lowest BCUT2D eigenvalue weighted by Gasteiger charge is -2.26. The van der Waals surface area contributed by atoms with Crippen molar-refractivity contribution in [3.05, 3.63) is 77.5 Å². The molecule has 9 heteroatoms. The van der Waals surface area contributed by atoms with Crippen LogP contribution in [-0.4, -0.2) is 29.4 Å². The highest BCUT2D eigenvalue weighted by atomic mass is 35.5. The van der Waals surface area contributed by atoms with Gasteiger partial charge >= 0.3 is 0 Å². The monoisotopic (exact) mass is 442 g/mol. The van der Waals surface area contributed by atoms with Crippen LogP contribution < -0.4 is 4.72 Å². The summed E-state index contributed by atoms with van der Waals surface area (Å²) >= 11 is 5.85. The van der Waals surface area contributed by atoms with E-state index in [0.717, 1.165) is 42.3 Å². The standard InChI is InChI=1S/C21H19ClN4O3S/c22-15-3-6-18(7-4-15)30(27,28)24-16-5-8-20-19(12-16)23-21-14-25(9-10-26(20)21)13-17-2-1-11-29-17/h1-8,11-12,24H,9-10,13-14H2. The number of fused-ring (bicyclic) bond motifs is 3. The number of hydrogen-bond acceptors (Lipinski definition) is 5. The molecule has 1 aliphatic heterocycles. The first kappa shape index (κ1) is 19.2. The van der Waals surface area contributed by atoms with Gasteiger partial charge in [-0.2, -0.15) is 0 Å². The predicted molar refractivity (Wildman–Crippen MR) is 115 cm³/mol. The van der Waals surface area contributed by atoms with Crippen LogP contribution in [0.5, 0.6) is 0 Å². The number of imidazole rings is 1. The van der Waals surface area contributed by atoms with Crippen LogP contribution in [0.15, 0.2) is 70.2 Å². The quantitative estimate of drug-likeness (QED) is 0.503. The molecule has 1 N–H and O–H groups in total. The second-order valence-electron chi connectivity index (χ2n) is 7.23. The van der Waals surface area contributed by atoms with E-state index < -0.39 is 10.0 Å². The third-order valence-corrected chi connectivity index (χ3v) is 6.82. The maximum absolute atomic E-state index is 12.6. The van der Waals surface area contributed by atoms with Crippen LogP contribution in [0, 0.1) is 0 Å². The van der Waals surface area contributed by atoms with Crippen LogP contribution >= 0.6 is 11.6 Å². The van der Waals surface area contributed by atoms with E-state index in [9.17, 15) is 8.42 Å². The maximum atomic E-state index is 12.6. The van der Waals surface area contributed by atoms with E-state index in [1.807, 2.05) is 18.2 Å². The second kappa shape index (κ2) is 7.46. The summed E-state index contributed by atoms with van der Waals surface area (Å²) in [5.74, 6) is 1.89. The van der Waals surface area contributed by atoms with Crippen LogP contribution in [0.3, 0.4) is 0 Å². The Bertz CT molecular complexity index is 1300. The van der Waals surface area contributed by atoms with E-state index in [1.54, 1.807) is 30.5 Å². The summed E-state index contributed by atoms with van der Waals surface area (Å²) in [5, 5.41) is 0.486. The lowest BCUT2D eigenvalue weighted by Crippen LogP contribution is -2.33. The Hall–Kier alpha value is -2.81. The summed E-state index contributed by atoms with van der Waals surface area (Å²) in [6.45, 7) is 3.16. The van der Waals surface area contributed by atoms with Crippen LogP contribution in [0.2, 0.25) is 5.02 Å². The molecule has 5 rings (SSSR count). The molecule has 0 aliphatic carbocycles. The zero-order valence-electron chi connectivity index (χ0n) is 16.0. The number of aromatic nitrogens is 2. The van der Waals surface area contributed by atoms with Gasteiger partial charge in [0.2, 0.25) is 0 Å². The fourth-order valence-electron chi connectivity index (χ4n) is 3.72. The van der Waals surface area contributed by atoms with Crippen molar-refractivity contribution < 1.29 is 12.8 Å². The molecule has 0 atom stereocenters. The molecule has 2 aromatic heterocycles. The molecule has 0 saturated heterocycles. The molecule has 0 radical (unpaired) electrons. The molecule has 0 bridgehead atoms. The minimum absolute atomic E-state index is 0.157. The topological polar surface area (TPSA) is 80.4 Å². The highest BCUT2D eigenvalue weighted by molar-refractivity contribution is 7.92. The zero-order valence-corrected chi connectivity index (χ0v) is 17.5. The van der Waals surface area contributed by atoms with Crippen LogP contribution in [0.25, 0.3) is 11.0 Å². The number of anilines is 1. The van der Waals surface area contributed by atoms with Crippen molar-refractivity contribution in [2.45, 2.75) is 24.5 Å². The summed E-state index contributed by atoms with van der Waals surface area (Å²) < 4.78 is 35.5. The van der Waals surface area contributed by atoms with Gasteiger partial charge in [0.05, 0.1) is 41.0 Å². The fourth-order valence-corrected chi connectivity index (χ4v) is 4.90. The van der Waals surface area contributed by atoms with Crippen molar-refractivity contribution >= 4 is 38.3 Å². The van der Waals surface area contributed by atoms with Crippen molar-refractivity contribution in [1.82, 2.24) is 14.5 Å². The van der Waals surface area contributed by atoms with Crippen molar-refractivity contribution in [1.29, 1.82) is 0 Å². The Morgan fingerprint density at radius 3 is 2.70 bits per heavy atom. The molecule has 0 saturated carbocycles. The van der Waals surface area contributed by atoms with Gasteiger partial charge in [0.1, 0.15) is 11.6 Å². The highest BCUT2D eigenvalue weighted by Crippen LogP contribution is 2.26. The first-order chi connectivity index (χ1) is 14.5. The van der Waals surface area contributed by atoms with Gasteiger partial charge in [-0.05, 0) is 54.6 Å². The normalized spacial score (nSPS) is 14.7. The first-order valence-corrected chi connectivity index (χ1v) is 11.4. The predicted octanol–water partition coefficient (Wildman–Crippen LogP) is 4.10. The number of hydrogen-bond donors (Lipinski definition) is 1. The maximum Gasteiger partial charge on any atom is 0.261 e. The molecular formula is C21H19ClN4O3S. The second-order valence-corrected chi connectivity index (χ2v) is 9.35. The van der Waals surface area contributed by atoms with Crippen LogP contribution in [0.4, 0.5) is 5.69 Å². The smallest absolute Gasteiger partial charge is 0.261 e. The third kappa shape index (κ3) is 3.69. The van der Waals surface area contributed by atoms with Crippen molar-refractivity contribution in [3.8, 4) is 0 Å². The highest BCUT2D eigenvalue weighted by Gasteiger charge is 2.21. The van der Waals surface area contributed by atoms with E-state index >= 15 is 0 Å². The minimum atomic E-state index is -3.70. The lowest BCUT2D eigenvalue weighted by atomic mass is 10.2. The van der Waals surface area contributed by atoms with Crippen LogP contribution in [0.1, 0.15) is 11.6 Å². The molecule has 7 nitrogen and oxygen atoms in total. The molecule has 0 unspecified atom stereocenters. The number of nitrogens with one attached hydrogen (secondary N) is 1. The van der Waals surface area contributed by atoms with Gasteiger partial charge < -0.3 is 8.98 Å². The van der Waals surface area contributed by atoms with Gasteiger partial charge in [0.25, 0.3) is 10.0 Å². The number of rotatable bonds is 5. The molecule has 3 heterocycles. The SMILES string of the molecule is O=S(=O)(Nc1ccc2c(c1)nc1n2CCN(Cc2ccco2)C1)c1ccc(Cl)cc1. The Morgan fingerprint density at radius 2 is 1.93 bits per heavy atom. The van der Waals surface area contributed by atoms with Gasteiger partial charge in [0.15, 0.2) is 0 Å². The molecular weight excluding hydrogens is 424 g/mol. The number of benzene rings is 2. The van der Waals surface area contributed by atoms with Crippen molar-refractivity contribution in [2.24, 2.45) is 0 Å². The lowest BCUT2D eigenvalue weighted by molar-refractivity contribution is 0.195. The van der Waals surface area contributed by atoms with Gasteiger partial charge in [-0.3, -0.25) is 9.62 Å². The number of nitrogens with zero attached hydrogens (tertiary/aromatic N) is 3. The van der Waals surface area contributed by atoms with Crippen molar-refractivity contribution in [3.63, 3.8) is 0 Å². The molecule has 4 aromatic rings. The zero-order chi connectivity index (χ0) is 20.7. The van der Waals surface area contributed by atoms with E-state index in [2.05, 4.69) is 14.2 Å². The van der Waals surface area contributed by atoms with Gasteiger partial charge in [0, 0.05) is 18.1 Å². The molecule has 30 heavy (non-hydrogen) atoms. The third-order valence-electron chi connectivity index (χ3n) is 5.17. The Kier molecular flexibility index (Phi) is 4.77. The summed E-state index contributed by atoms with van der Waals surface area (Å²) in [6.07, 6.45) is 1.68. The summed E-state index contributed by atoms with van der Waals surface area (Å²) in [6, 6.07) is 15.4. The van der Waals surface area contributed by atoms with E-state index in [-0.39, 0.29) is 4.90 Å². The average molecular weight is 443 g/mol. The van der Waals surface area contributed by atoms with E-state index in [4.69, 9.17) is 21.0 Å². The molecule has 0 amide bonds. The van der Waals surface area contributed by atoms with Gasteiger partial charge in [-0.25, -0.2) is 13.4 Å². The average Bonchev–Trinajstić information content (AvgIpc) is 3.34. The number of furan rings is 1.